The summed E-state index contributed by atoms with van der Waals surface area (Å²) in [6, 6.07) is 24.2. The Kier molecular flexibility index (Phi) is 5.19. The van der Waals surface area contributed by atoms with Gasteiger partial charge in [0.1, 0.15) is 11.1 Å². The minimum Gasteiger partial charge on any atom is -0.426 e. The van der Waals surface area contributed by atoms with Gasteiger partial charge in [-0.2, -0.15) is 15.1 Å². The Hall–Kier alpha value is -4.57. The van der Waals surface area contributed by atoms with Crippen LogP contribution in [0.15, 0.2) is 98.8 Å². The van der Waals surface area contributed by atoms with Gasteiger partial charge in [-0.3, -0.25) is 9.78 Å². The van der Waals surface area contributed by atoms with E-state index < -0.39 is 0 Å². The van der Waals surface area contributed by atoms with Gasteiger partial charge in [0.15, 0.2) is 5.65 Å². The van der Waals surface area contributed by atoms with Crippen molar-refractivity contribution in [1.82, 2.24) is 29.9 Å². The molecule has 10 heteroatoms. The van der Waals surface area contributed by atoms with Crippen molar-refractivity contribution in [3.63, 3.8) is 0 Å². The highest BCUT2D eigenvalue weighted by molar-refractivity contribution is 9.10. The molecule has 0 atom stereocenters. The first-order valence-electron chi connectivity index (χ1n) is 10.6. The van der Waals surface area contributed by atoms with Crippen LogP contribution in [-0.2, 0) is 0 Å². The number of benzene rings is 3. The molecule has 0 amide bonds. The molecule has 0 unspecified atom stereocenters. The molecule has 0 radical (unpaired) electrons. The topological polar surface area (TPSA) is 112 Å². The predicted octanol–water partition coefficient (Wildman–Crippen LogP) is 5.38. The lowest BCUT2D eigenvalue weighted by Crippen LogP contribution is -2.10. The maximum Gasteiger partial charge on any atom is 0.304 e. The molecule has 3 heterocycles. The molecule has 0 aliphatic carbocycles. The Morgan fingerprint density at radius 2 is 1.74 bits per heavy atom. The number of fused-ring (bicyclic) bond motifs is 1. The molecule has 6 rings (SSSR count). The monoisotopic (exact) mass is 526 g/mol. The van der Waals surface area contributed by atoms with E-state index in [4.69, 9.17) is 9.26 Å². The minimum absolute atomic E-state index is 0.0597. The van der Waals surface area contributed by atoms with Gasteiger partial charge in [0.2, 0.25) is 5.82 Å². The summed E-state index contributed by atoms with van der Waals surface area (Å²) in [5.74, 6) is 1.36. The molecule has 0 saturated carbocycles. The van der Waals surface area contributed by atoms with E-state index in [0.29, 0.717) is 28.5 Å². The number of nitrogens with zero attached hydrogens (tertiary/aromatic N) is 5. The van der Waals surface area contributed by atoms with Gasteiger partial charge in [-0.1, -0.05) is 45.4 Å². The predicted molar refractivity (Wildman–Crippen MR) is 132 cm³/mol. The number of H-pyrrole nitrogens is 1. The first-order chi connectivity index (χ1) is 17.1. The van der Waals surface area contributed by atoms with E-state index in [0.717, 1.165) is 21.3 Å². The van der Waals surface area contributed by atoms with Gasteiger partial charge in [0.25, 0.3) is 11.4 Å². The van der Waals surface area contributed by atoms with E-state index in [1.54, 1.807) is 28.9 Å². The van der Waals surface area contributed by atoms with Crippen LogP contribution in [0.4, 0.5) is 0 Å². The molecule has 0 saturated heterocycles. The lowest BCUT2D eigenvalue weighted by molar-refractivity contribution is 0.432. The Labute approximate surface area is 206 Å². The number of hydrogen-bond acceptors (Lipinski definition) is 7. The first kappa shape index (κ1) is 21.0. The van der Waals surface area contributed by atoms with Crippen molar-refractivity contribution in [3.05, 3.63) is 99.9 Å². The van der Waals surface area contributed by atoms with Crippen molar-refractivity contribution in [2.24, 2.45) is 0 Å². The number of aromatic amines is 1. The Morgan fingerprint density at radius 3 is 2.54 bits per heavy atom. The van der Waals surface area contributed by atoms with Crippen LogP contribution in [0.1, 0.15) is 0 Å². The molecule has 0 spiro atoms. The average molecular weight is 527 g/mol. The van der Waals surface area contributed by atoms with Crippen molar-refractivity contribution >= 4 is 27.0 Å². The van der Waals surface area contributed by atoms with Gasteiger partial charge < -0.3 is 9.26 Å². The van der Waals surface area contributed by atoms with Crippen LogP contribution in [0.3, 0.4) is 0 Å². The maximum atomic E-state index is 12.6. The average Bonchev–Trinajstić information content (AvgIpc) is 3.53. The SMILES string of the molecule is O=c1[nH]c(Oc2ccc(-c3noc(-c4cccc(Br)c4)n3)cc2)nc2c1cnn2-c1ccccc1. The molecule has 6 aromatic rings. The second-order valence-corrected chi connectivity index (χ2v) is 8.48. The van der Waals surface area contributed by atoms with Gasteiger partial charge in [0.05, 0.1) is 11.9 Å². The fourth-order valence-corrected chi connectivity index (χ4v) is 3.97. The normalized spacial score (nSPS) is 11.1. The maximum absolute atomic E-state index is 12.6. The third kappa shape index (κ3) is 4.11. The molecule has 170 valence electrons. The minimum atomic E-state index is -0.337. The summed E-state index contributed by atoms with van der Waals surface area (Å²) in [6.07, 6.45) is 1.49. The summed E-state index contributed by atoms with van der Waals surface area (Å²) < 4.78 is 13.8. The van der Waals surface area contributed by atoms with Crippen LogP contribution in [-0.4, -0.2) is 29.9 Å². The number of nitrogens with one attached hydrogen (secondary N) is 1. The Morgan fingerprint density at radius 1 is 0.914 bits per heavy atom. The van der Waals surface area contributed by atoms with Crippen molar-refractivity contribution < 1.29 is 9.26 Å². The van der Waals surface area contributed by atoms with Crippen LogP contribution >= 0.6 is 15.9 Å². The van der Waals surface area contributed by atoms with Crippen LogP contribution < -0.4 is 10.3 Å². The van der Waals surface area contributed by atoms with Crippen molar-refractivity contribution in [1.29, 1.82) is 0 Å². The number of para-hydroxylation sites is 1. The summed E-state index contributed by atoms with van der Waals surface area (Å²) in [4.78, 5) is 24.2. The molecule has 0 bridgehead atoms. The van der Waals surface area contributed by atoms with Crippen molar-refractivity contribution in [2.75, 3.05) is 0 Å². The number of rotatable bonds is 5. The van der Waals surface area contributed by atoms with Crippen LogP contribution in [0.2, 0.25) is 0 Å². The summed E-state index contributed by atoms with van der Waals surface area (Å²) in [5, 5.41) is 8.74. The number of aromatic nitrogens is 6. The lowest BCUT2D eigenvalue weighted by atomic mass is 10.2. The highest BCUT2D eigenvalue weighted by Gasteiger charge is 2.14. The smallest absolute Gasteiger partial charge is 0.304 e. The fourth-order valence-electron chi connectivity index (χ4n) is 3.57. The molecular weight excluding hydrogens is 512 g/mol. The zero-order valence-corrected chi connectivity index (χ0v) is 19.5. The van der Waals surface area contributed by atoms with Crippen molar-refractivity contribution in [3.8, 4) is 40.3 Å². The third-order valence-corrected chi connectivity index (χ3v) is 5.74. The number of hydrogen-bond donors (Lipinski definition) is 1. The third-order valence-electron chi connectivity index (χ3n) is 5.24. The second kappa shape index (κ2) is 8.65. The highest BCUT2D eigenvalue weighted by Crippen LogP contribution is 2.27. The molecule has 3 aromatic heterocycles. The summed E-state index contributed by atoms with van der Waals surface area (Å²) in [7, 11) is 0. The lowest BCUT2D eigenvalue weighted by Gasteiger charge is -2.06. The molecule has 1 N–H and O–H groups in total. The first-order valence-corrected chi connectivity index (χ1v) is 11.3. The van der Waals surface area contributed by atoms with Gasteiger partial charge in [-0.05, 0) is 54.6 Å². The van der Waals surface area contributed by atoms with Crippen molar-refractivity contribution in [2.45, 2.75) is 0 Å². The van der Waals surface area contributed by atoms with E-state index in [-0.39, 0.29) is 11.6 Å². The molecule has 0 aliphatic heterocycles. The largest absolute Gasteiger partial charge is 0.426 e. The molecular formula is C25H15BrN6O3. The molecule has 0 fully saturated rings. The zero-order valence-electron chi connectivity index (χ0n) is 17.9. The number of ether oxygens (including phenoxy) is 1. The van der Waals surface area contributed by atoms with E-state index >= 15 is 0 Å². The second-order valence-electron chi connectivity index (χ2n) is 7.56. The fraction of sp³-hybridized carbons (Fsp3) is 0. The van der Waals surface area contributed by atoms with Gasteiger partial charge in [0, 0.05) is 15.6 Å². The quantitative estimate of drug-likeness (QED) is 0.320. The molecule has 9 nitrogen and oxygen atoms in total. The van der Waals surface area contributed by atoms with E-state index in [1.165, 1.54) is 6.20 Å². The Balaban J connectivity index is 1.26. The van der Waals surface area contributed by atoms with E-state index in [2.05, 4.69) is 41.1 Å². The van der Waals surface area contributed by atoms with Gasteiger partial charge >= 0.3 is 6.01 Å². The van der Waals surface area contributed by atoms with Gasteiger partial charge in [-0.15, -0.1) is 0 Å². The van der Waals surface area contributed by atoms with Crippen LogP contribution in [0.25, 0.3) is 39.6 Å². The Bertz CT molecular complexity index is 1710. The number of halogens is 1. The zero-order chi connectivity index (χ0) is 23.8. The summed E-state index contributed by atoms with van der Waals surface area (Å²) >= 11 is 3.44. The highest BCUT2D eigenvalue weighted by atomic mass is 79.9. The van der Waals surface area contributed by atoms with Crippen LogP contribution in [0, 0.1) is 0 Å². The summed E-state index contributed by atoms with van der Waals surface area (Å²) in [6.45, 7) is 0. The standard InChI is InChI=1S/C25H15BrN6O3/c26-17-6-4-5-16(13-17)24-28-21(31-35-24)15-9-11-19(12-10-15)34-25-29-22-20(23(33)30-25)14-27-32(22)18-7-2-1-3-8-18/h1-14H,(H,29,30,33). The van der Waals surface area contributed by atoms with E-state index in [9.17, 15) is 4.79 Å². The molecule has 35 heavy (non-hydrogen) atoms. The van der Waals surface area contributed by atoms with E-state index in [1.807, 2.05) is 54.6 Å². The van der Waals surface area contributed by atoms with Gasteiger partial charge in [-0.25, -0.2) is 4.68 Å². The van der Waals surface area contributed by atoms with Crippen LogP contribution in [0.5, 0.6) is 11.8 Å². The summed E-state index contributed by atoms with van der Waals surface area (Å²) in [5.41, 5.74) is 2.42. The molecule has 0 aliphatic rings. The molecule has 3 aromatic carbocycles.